The molecule has 8 heteroatoms. The van der Waals surface area contributed by atoms with Gasteiger partial charge in [0.15, 0.2) is 15.2 Å². The minimum absolute atomic E-state index is 0.0189. The highest BCUT2D eigenvalue weighted by atomic mass is 32.2. The van der Waals surface area contributed by atoms with Crippen molar-refractivity contribution >= 4 is 21.7 Å². The number of carbonyl (C=O) groups excluding carboxylic acids is 2. The molecule has 0 spiro atoms. The predicted molar refractivity (Wildman–Crippen MR) is 81.6 cm³/mol. The van der Waals surface area contributed by atoms with Crippen LogP contribution in [0.1, 0.15) is 19.4 Å². The number of esters is 1. The van der Waals surface area contributed by atoms with Gasteiger partial charge in [-0.15, -0.1) is 0 Å². The Labute approximate surface area is 134 Å². The second-order valence-electron chi connectivity index (χ2n) is 6.31. The van der Waals surface area contributed by atoms with Crippen molar-refractivity contribution in [2.45, 2.75) is 42.7 Å². The van der Waals surface area contributed by atoms with Crippen molar-refractivity contribution in [2.24, 2.45) is 5.73 Å². The van der Waals surface area contributed by atoms with Gasteiger partial charge in [-0.05, 0) is 19.4 Å². The number of sulfone groups is 1. The molecule has 2 saturated heterocycles. The highest BCUT2D eigenvalue weighted by Crippen LogP contribution is 2.45. The van der Waals surface area contributed by atoms with Crippen molar-refractivity contribution < 1.29 is 22.7 Å². The van der Waals surface area contributed by atoms with Crippen LogP contribution in [0.25, 0.3) is 0 Å². The summed E-state index contributed by atoms with van der Waals surface area (Å²) in [5, 5.41) is -1.14. The lowest BCUT2D eigenvalue weighted by atomic mass is 9.96. The van der Waals surface area contributed by atoms with Crippen molar-refractivity contribution in [3.8, 4) is 0 Å². The van der Waals surface area contributed by atoms with Crippen LogP contribution in [0.2, 0.25) is 0 Å². The molecular weight excluding hydrogens is 320 g/mol. The van der Waals surface area contributed by atoms with E-state index in [9.17, 15) is 18.0 Å². The highest BCUT2D eigenvalue weighted by molar-refractivity contribution is 7.94. The Kier molecular flexibility index (Phi) is 3.49. The van der Waals surface area contributed by atoms with Crippen LogP contribution in [0.5, 0.6) is 0 Å². The molecule has 23 heavy (non-hydrogen) atoms. The molecule has 1 amide bonds. The zero-order valence-electron chi connectivity index (χ0n) is 12.8. The summed E-state index contributed by atoms with van der Waals surface area (Å²) in [6.07, 6.45) is 0. The highest BCUT2D eigenvalue weighted by Gasteiger charge is 2.71. The number of nitrogens with two attached hydrogens (primary N) is 1. The van der Waals surface area contributed by atoms with Gasteiger partial charge in [0.05, 0.1) is 0 Å². The molecule has 0 aromatic heterocycles. The normalized spacial score (nSPS) is 30.5. The lowest BCUT2D eigenvalue weighted by Gasteiger charge is -2.40. The molecule has 2 fully saturated rings. The Morgan fingerprint density at radius 3 is 2.52 bits per heavy atom. The number of hydrogen-bond donors (Lipinski definition) is 1. The van der Waals surface area contributed by atoms with Gasteiger partial charge in [-0.1, -0.05) is 30.3 Å². The molecule has 2 aliphatic heterocycles. The third-order valence-corrected chi connectivity index (χ3v) is 7.40. The first-order valence-corrected chi connectivity index (χ1v) is 8.76. The second-order valence-corrected chi connectivity index (χ2v) is 8.93. The molecule has 1 unspecified atom stereocenters. The number of benzene rings is 1. The molecule has 7 nitrogen and oxygen atoms in total. The Morgan fingerprint density at radius 1 is 1.30 bits per heavy atom. The second kappa shape index (κ2) is 5.04. The fourth-order valence-corrected chi connectivity index (χ4v) is 5.30. The van der Waals surface area contributed by atoms with Crippen LogP contribution in [-0.4, -0.2) is 47.4 Å². The first kappa shape index (κ1) is 15.9. The lowest BCUT2D eigenvalue weighted by molar-refractivity contribution is -0.163. The Balaban J connectivity index is 1.84. The number of fused-ring (bicyclic) bond motifs is 1. The van der Waals surface area contributed by atoms with Crippen molar-refractivity contribution in [3.05, 3.63) is 35.9 Å². The third kappa shape index (κ3) is 2.08. The molecule has 0 aliphatic carbocycles. The van der Waals surface area contributed by atoms with E-state index in [1.807, 2.05) is 6.07 Å². The van der Waals surface area contributed by atoms with Gasteiger partial charge in [0.25, 0.3) is 0 Å². The van der Waals surface area contributed by atoms with Crippen LogP contribution in [0, 0.1) is 0 Å². The Morgan fingerprint density at radius 2 is 1.91 bits per heavy atom. The van der Waals surface area contributed by atoms with E-state index >= 15 is 0 Å². The largest absolute Gasteiger partial charge is 0.459 e. The van der Waals surface area contributed by atoms with Gasteiger partial charge in [0.1, 0.15) is 23.4 Å². The molecule has 1 aromatic carbocycles. The van der Waals surface area contributed by atoms with Gasteiger partial charge in [0, 0.05) is 0 Å². The van der Waals surface area contributed by atoms with Gasteiger partial charge in [-0.3, -0.25) is 4.79 Å². The average Bonchev–Trinajstić information content (AvgIpc) is 2.66. The van der Waals surface area contributed by atoms with E-state index < -0.39 is 43.9 Å². The van der Waals surface area contributed by atoms with Crippen LogP contribution in [0.3, 0.4) is 0 Å². The number of rotatable bonds is 3. The Hall–Kier alpha value is -1.93. The fraction of sp³-hybridized carbons (Fsp3) is 0.467. The van der Waals surface area contributed by atoms with Gasteiger partial charge in [-0.25, -0.2) is 13.2 Å². The van der Waals surface area contributed by atoms with E-state index in [1.165, 1.54) is 13.8 Å². The van der Waals surface area contributed by atoms with E-state index in [0.717, 1.165) is 10.5 Å². The molecule has 3 atom stereocenters. The summed E-state index contributed by atoms with van der Waals surface area (Å²) >= 11 is 0. The van der Waals surface area contributed by atoms with Gasteiger partial charge in [-0.2, -0.15) is 0 Å². The summed E-state index contributed by atoms with van der Waals surface area (Å²) in [5.41, 5.74) is 6.39. The molecule has 0 saturated carbocycles. The predicted octanol–water partition coefficient (Wildman–Crippen LogP) is -0.199. The summed E-state index contributed by atoms with van der Waals surface area (Å²) in [7, 11) is -3.75. The standard InChI is InChI=1S/C15H18N2O5S/c1-15(2)11(14(19)22-8-9-6-4-3-5-7-9)17-12(18)10(16)13(17)23(15,20)21/h3-7,10-11,13H,8,16H2,1-2H3/t10?,11-,13+/m0/s1. The Bertz CT molecular complexity index is 759. The van der Waals surface area contributed by atoms with Gasteiger partial charge in [0.2, 0.25) is 5.91 Å². The minimum atomic E-state index is -3.75. The number of carbonyl (C=O) groups is 2. The quantitative estimate of drug-likeness (QED) is 0.604. The third-order valence-electron chi connectivity index (χ3n) is 4.56. The molecule has 0 bridgehead atoms. The van der Waals surface area contributed by atoms with E-state index in [1.54, 1.807) is 24.3 Å². The molecule has 2 heterocycles. The summed E-state index contributed by atoms with van der Waals surface area (Å²) in [6.45, 7) is 2.87. The molecule has 2 N–H and O–H groups in total. The van der Waals surface area contributed by atoms with E-state index in [-0.39, 0.29) is 6.61 Å². The average molecular weight is 338 g/mol. The molecule has 3 rings (SSSR count). The maximum Gasteiger partial charge on any atom is 0.330 e. The first-order valence-electron chi connectivity index (χ1n) is 7.21. The number of β-lactam (4-membered cyclic amide) rings is 1. The molecular formula is C15H18N2O5S. The zero-order valence-corrected chi connectivity index (χ0v) is 13.6. The zero-order chi connectivity index (χ0) is 17.0. The van der Waals surface area contributed by atoms with Crippen molar-refractivity contribution in [3.63, 3.8) is 0 Å². The van der Waals surface area contributed by atoms with Gasteiger partial charge >= 0.3 is 5.97 Å². The van der Waals surface area contributed by atoms with Crippen molar-refractivity contribution in [1.29, 1.82) is 0 Å². The number of nitrogens with zero attached hydrogens (tertiary/aromatic N) is 1. The van der Waals surface area contributed by atoms with Crippen LogP contribution in [0.15, 0.2) is 30.3 Å². The number of amides is 1. The van der Waals surface area contributed by atoms with E-state index in [4.69, 9.17) is 10.5 Å². The monoisotopic (exact) mass is 338 g/mol. The smallest absolute Gasteiger partial charge is 0.330 e. The summed E-state index contributed by atoms with van der Waals surface area (Å²) in [6, 6.07) is 6.75. The van der Waals surface area contributed by atoms with E-state index in [2.05, 4.69) is 0 Å². The minimum Gasteiger partial charge on any atom is -0.459 e. The molecule has 2 aliphatic rings. The van der Waals surface area contributed by atoms with Gasteiger partial charge < -0.3 is 15.4 Å². The maximum atomic E-state index is 12.5. The van der Waals surface area contributed by atoms with Crippen LogP contribution in [-0.2, 0) is 30.8 Å². The van der Waals surface area contributed by atoms with Crippen LogP contribution >= 0.6 is 0 Å². The van der Waals surface area contributed by atoms with Crippen molar-refractivity contribution in [2.75, 3.05) is 0 Å². The topological polar surface area (TPSA) is 107 Å². The van der Waals surface area contributed by atoms with Crippen LogP contribution in [0.4, 0.5) is 0 Å². The number of hydrogen-bond acceptors (Lipinski definition) is 6. The SMILES string of the molecule is CC1(C)[C@H](C(=O)OCc2ccccc2)N2C(=O)C(N)[C@H]2S1(=O)=O. The van der Waals surface area contributed by atoms with E-state index in [0.29, 0.717) is 0 Å². The van der Waals surface area contributed by atoms with Crippen LogP contribution < -0.4 is 5.73 Å². The molecule has 1 aromatic rings. The fourth-order valence-electron chi connectivity index (χ4n) is 3.13. The summed E-state index contributed by atoms with van der Waals surface area (Å²) < 4.78 is 28.9. The summed E-state index contributed by atoms with van der Waals surface area (Å²) in [5.74, 6) is -1.27. The summed E-state index contributed by atoms with van der Waals surface area (Å²) in [4.78, 5) is 25.4. The molecule has 124 valence electrons. The molecule has 0 radical (unpaired) electrons. The lowest BCUT2D eigenvalue weighted by Crippen LogP contribution is -2.70. The van der Waals surface area contributed by atoms with Crippen molar-refractivity contribution in [1.82, 2.24) is 4.90 Å². The maximum absolute atomic E-state index is 12.5. The number of ether oxygens (including phenoxy) is 1. The first-order chi connectivity index (χ1) is 10.7.